The van der Waals surface area contributed by atoms with Crippen LogP contribution in [0.4, 0.5) is 10.6 Å². The molecule has 0 radical (unpaired) electrons. The largest absolute Gasteiger partial charge is 0.439 e. The molecule has 1 aliphatic rings. The Morgan fingerprint density at radius 2 is 2.18 bits per heavy atom. The van der Waals surface area contributed by atoms with Crippen molar-refractivity contribution in [3.8, 4) is 0 Å². The number of rotatable bonds is 4. The van der Waals surface area contributed by atoms with Crippen molar-refractivity contribution in [2.24, 2.45) is 0 Å². The van der Waals surface area contributed by atoms with Gasteiger partial charge in [0, 0.05) is 24.9 Å². The molecule has 1 fully saturated rings. The topological polar surface area (TPSA) is 75.9 Å². The third-order valence-corrected chi connectivity index (χ3v) is 3.46. The highest BCUT2D eigenvalue weighted by Gasteiger charge is 2.41. The third-order valence-electron chi connectivity index (χ3n) is 3.46. The van der Waals surface area contributed by atoms with Gasteiger partial charge in [-0.2, -0.15) is 0 Å². The molecule has 0 spiro atoms. The molecule has 1 aromatic heterocycles. The van der Waals surface area contributed by atoms with Crippen LogP contribution in [0.15, 0.2) is 10.6 Å². The van der Waals surface area contributed by atoms with Crippen molar-refractivity contribution in [3.05, 3.63) is 11.8 Å². The van der Waals surface area contributed by atoms with E-state index >= 15 is 0 Å². The smallest absolute Gasteiger partial charge is 0.328 e. The number of ether oxygens (including phenoxy) is 1. The minimum Gasteiger partial charge on any atom is -0.439 e. The quantitative estimate of drug-likeness (QED) is 0.799. The molecule has 2 rings (SSSR count). The lowest BCUT2D eigenvalue weighted by Gasteiger charge is -2.20. The molecular formula is C15H23N3O4. The number of urea groups is 1. The Bertz CT molecular complexity index is 561. The predicted octanol–water partition coefficient (Wildman–Crippen LogP) is 2.51. The second-order valence-corrected chi connectivity index (χ2v) is 6.53. The Labute approximate surface area is 130 Å². The van der Waals surface area contributed by atoms with Crippen molar-refractivity contribution in [2.45, 2.75) is 52.2 Å². The van der Waals surface area contributed by atoms with Gasteiger partial charge in [0.2, 0.25) is 6.23 Å². The van der Waals surface area contributed by atoms with Gasteiger partial charge in [-0.25, -0.2) is 9.69 Å². The standard InChI is InChI=1S/C15H23N3O4/c1-6-7-13(19)21-12-9-17(5)14(20)18(12)11-8-10(22-16-11)15(2,3)4/h8,12H,6-7,9H2,1-5H3. The number of amides is 2. The normalized spacial score (nSPS) is 19.0. The summed E-state index contributed by atoms with van der Waals surface area (Å²) in [6, 6.07) is 1.46. The van der Waals surface area contributed by atoms with Crippen LogP contribution >= 0.6 is 0 Å². The summed E-state index contributed by atoms with van der Waals surface area (Å²) in [6.07, 6.45) is 0.358. The zero-order valence-corrected chi connectivity index (χ0v) is 13.8. The van der Waals surface area contributed by atoms with Crippen molar-refractivity contribution in [3.63, 3.8) is 0 Å². The average molecular weight is 309 g/mol. The van der Waals surface area contributed by atoms with Crippen molar-refractivity contribution in [1.82, 2.24) is 10.1 Å². The minimum atomic E-state index is -0.672. The van der Waals surface area contributed by atoms with Gasteiger partial charge in [0.05, 0.1) is 6.54 Å². The molecule has 0 N–H and O–H groups in total. The molecule has 2 amide bonds. The van der Waals surface area contributed by atoms with E-state index in [0.29, 0.717) is 31.0 Å². The van der Waals surface area contributed by atoms with Crippen LogP contribution in [-0.4, -0.2) is 41.9 Å². The average Bonchev–Trinajstić information content (AvgIpc) is 2.96. The minimum absolute atomic E-state index is 0.214. The van der Waals surface area contributed by atoms with Gasteiger partial charge in [-0.15, -0.1) is 0 Å². The number of likely N-dealkylation sites (N-methyl/N-ethyl adjacent to an activating group) is 1. The van der Waals surface area contributed by atoms with Gasteiger partial charge in [0.15, 0.2) is 5.82 Å². The maximum Gasteiger partial charge on any atom is 0.328 e. The van der Waals surface area contributed by atoms with Crippen molar-refractivity contribution in [1.29, 1.82) is 0 Å². The highest BCUT2D eigenvalue weighted by atomic mass is 16.6. The van der Waals surface area contributed by atoms with Crippen LogP contribution in [0.2, 0.25) is 0 Å². The van der Waals surface area contributed by atoms with E-state index in [9.17, 15) is 9.59 Å². The van der Waals surface area contributed by atoms with Gasteiger partial charge < -0.3 is 14.2 Å². The van der Waals surface area contributed by atoms with E-state index in [1.165, 1.54) is 9.80 Å². The molecule has 122 valence electrons. The second kappa shape index (κ2) is 5.98. The van der Waals surface area contributed by atoms with Crippen LogP contribution in [0, 0.1) is 0 Å². The number of anilines is 1. The maximum atomic E-state index is 12.3. The first kappa shape index (κ1) is 16.3. The van der Waals surface area contributed by atoms with Crippen LogP contribution in [0.5, 0.6) is 0 Å². The van der Waals surface area contributed by atoms with Gasteiger partial charge in [-0.05, 0) is 6.42 Å². The first-order valence-electron chi connectivity index (χ1n) is 7.45. The summed E-state index contributed by atoms with van der Waals surface area (Å²) >= 11 is 0. The molecule has 7 heteroatoms. The summed E-state index contributed by atoms with van der Waals surface area (Å²) in [7, 11) is 1.66. The monoisotopic (exact) mass is 309 g/mol. The van der Waals surface area contributed by atoms with Crippen molar-refractivity contribution < 1.29 is 18.8 Å². The first-order valence-corrected chi connectivity index (χ1v) is 7.45. The molecule has 1 unspecified atom stereocenters. The lowest BCUT2D eigenvalue weighted by Crippen LogP contribution is -2.37. The number of carbonyl (C=O) groups is 2. The fourth-order valence-corrected chi connectivity index (χ4v) is 2.18. The molecule has 1 aliphatic heterocycles. The van der Waals surface area contributed by atoms with Crippen LogP contribution in [0.3, 0.4) is 0 Å². The summed E-state index contributed by atoms with van der Waals surface area (Å²) in [5.74, 6) is 0.720. The van der Waals surface area contributed by atoms with E-state index < -0.39 is 6.23 Å². The van der Waals surface area contributed by atoms with Gasteiger partial charge >= 0.3 is 12.0 Å². The van der Waals surface area contributed by atoms with Gasteiger partial charge in [0.1, 0.15) is 5.76 Å². The molecule has 22 heavy (non-hydrogen) atoms. The fourth-order valence-electron chi connectivity index (χ4n) is 2.18. The second-order valence-electron chi connectivity index (χ2n) is 6.53. The van der Waals surface area contributed by atoms with E-state index in [-0.39, 0.29) is 17.4 Å². The Kier molecular flexibility index (Phi) is 4.44. The molecule has 0 saturated carbocycles. The predicted molar refractivity (Wildman–Crippen MR) is 80.5 cm³/mol. The van der Waals surface area contributed by atoms with E-state index in [4.69, 9.17) is 9.26 Å². The van der Waals surface area contributed by atoms with Gasteiger partial charge in [-0.1, -0.05) is 32.9 Å². The molecule has 0 aromatic carbocycles. The van der Waals surface area contributed by atoms with Crippen LogP contribution in [0.25, 0.3) is 0 Å². The third kappa shape index (κ3) is 3.23. The Balaban J connectivity index is 2.23. The molecule has 2 heterocycles. The highest BCUT2D eigenvalue weighted by molar-refractivity contribution is 5.94. The lowest BCUT2D eigenvalue weighted by atomic mass is 9.93. The molecule has 0 aliphatic carbocycles. The fraction of sp³-hybridized carbons (Fsp3) is 0.667. The number of nitrogens with zero attached hydrogens (tertiary/aromatic N) is 3. The van der Waals surface area contributed by atoms with Gasteiger partial charge in [-0.3, -0.25) is 4.79 Å². The number of carbonyl (C=O) groups excluding carboxylic acids is 2. The number of esters is 1. The van der Waals surface area contributed by atoms with Crippen molar-refractivity contribution >= 4 is 17.8 Å². The SMILES string of the molecule is CCCC(=O)OC1CN(C)C(=O)N1c1cc(C(C)(C)C)on1. The molecule has 1 atom stereocenters. The summed E-state index contributed by atoms with van der Waals surface area (Å²) in [5.41, 5.74) is -0.214. The van der Waals surface area contributed by atoms with E-state index in [2.05, 4.69) is 5.16 Å². The summed E-state index contributed by atoms with van der Waals surface area (Å²) in [6.45, 7) is 8.19. The number of hydrogen-bond acceptors (Lipinski definition) is 5. The molecule has 1 aromatic rings. The molecule has 0 bridgehead atoms. The van der Waals surface area contributed by atoms with E-state index in [1.54, 1.807) is 13.1 Å². The van der Waals surface area contributed by atoms with E-state index in [0.717, 1.165) is 0 Å². The number of hydrogen-bond donors (Lipinski definition) is 0. The Morgan fingerprint density at radius 3 is 2.73 bits per heavy atom. The summed E-state index contributed by atoms with van der Waals surface area (Å²) in [4.78, 5) is 26.9. The zero-order valence-electron chi connectivity index (χ0n) is 13.8. The van der Waals surface area contributed by atoms with Gasteiger partial charge in [0.25, 0.3) is 0 Å². The Hall–Kier alpha value is -2.05. The zero-order chi connectivity index (χ0) is 16.5. The summed E-state index contributed by atoms with van der Waals surface area (Å²) in [5, 5.41) is 3.97. The van der Waals surface area contributed by atoms with E-state index in [1.807, 2.05) is 27.7 Å². The first-order chi connectivity index (χ1) is 10.2. The lowest BCUT2D eigenvalue weighted by molar-refractivity contribution is -0.148. The van der Waals surface area contributed by atoms with Crippen LogP contribution in [-0.2, 0) is 14.9 Å². The molecular weight excluding hydrogens is 286 g/mol. The highest BCUT2D eigenvalue weighted by Crippen LogP contribution is 2.29. The Morgan fingerprint density at radius 1 is 1.50 bits per heavy atom. The molecule has 7 nitrogen and oxygen atoms in total. The number of aromatic nitrogens is 1. The summed E-state index contributed by atoms with van der Waals surface area (Å²) < 4.78 is 10.7. The van der Waals surface area contributed by atoms with Crippen LogP contribution in [0.1, 0.15) is 46.3 Å². The maximum absolute atomic E-state index is 12.3. The van der Waals surface area contributed by atoms with Crippen molar-refractivity contribution in [2.75, 3.05) is 18.5 Å². The molecule has 1 saturated heterocycles. The van der Waals surface area contributed by atoms with Crippen LogP contribution < -0.4 is 4.90 Å².